The van der Waals surface area contributed by atoms with Gasteiger partial charge in [0.1, 0.15) is 5.69 Å². The molecule has 1 aromatic carbocycles. The Balaban J connectivity index is 1.83. The number of benzene rings is 1. The number of para-hydroxylation sites is 1. The van der Waals surface area contributed by atoms with Gasteiger partial charge in [0.05, 0.1) is 6.26 Å². The molecular formula is C16H15N3O2. The van der Waals surface area contributed by atoms with Gasteiger partial charge in [-0.3, -0.25) is 9.89 Å². The van der Waals surface area contributed by atoms with E-state index in [1.165, 1.54) is 0 Å². The summed E-state index contributed by atoms with van der Waals surface area (Å²) >= 11 is 0. The standard InChI is InChI=1S/C16H15N3O2/c1-10-5-3-6-11(2)15(10)17-16(20)13-9-12(18-19-13)14-7-4-8-21-14/h3-9H,1-2H3,(H,17,20)(H,18,19). The monoisotopic (exact) mass is 281 g/mol. The first-order chi connectivity index (χ1) is 10.1. The van der Waals surface area contributed by atoms with Crippen LogP contribution in [0.2, 0.25) is 0 Å². The summed E-state index contributed by atoms with van der Waals surface area (Å²) in [5.41, 5.74) is 3.86. The predicted octanol–water partition coefficient (Wildman–Crippen LogP) is 3.54. The van der Waals surface area contributed by atoms with Gasteiger partial charge in [-0.1, -0.05) is 18.2 Å². The molecule has 0 aliphatic heterocycles. The summed E-state index contributed by atoms with van der Waals surface area (Å²) < 4.78 is 5.27. The molecule has 1 amide bonds. The van der Waals surface area contributed by atoms with E-state index in [1.54, 1.807) is 24.5 Å². The fraction of sp³-hybridized carbons (Fsp3) is 0.125. The molecule has 0 unspecified atom stereocenters. The number of carbonyl (C=O) groups is 1. The highest BCUT2D eigenvalue weighted by Gasteiger charge is 2.14. The Labute approximate surface area is 122 Å². The summed E-state index contributed by atoms with van der Waals surface area (Å²) in [6.45, 7) is 3.92. The Morgan fingerprint density at radius 2 is 1.95 bits per heavy atom. The van der Waals surface area contributed by atoms with Crippen LogP contribution in [0.15, 0.2) is 47.1 Å². The number of aromatic amines is 1. The molecule has 0 saturated carbocycles. The molecule has 0 fully saturated rings. The van der Waals surface area contributed by atoms with Crippen molar-refractivity contribution < 1.29 is 9.21 Å². The van der Waals surface area contributed by atoms with E-state index in [0.29, 0.717) is 17.1 Å². The lowest BCUT2D eigenvalue weighted by atomic mass is 10.1. The molecule has 2 heterocycles. The first kappa shape index (κ1) is 13.2. The van der Waals surface area contributed by atoms with Crippen LogP contribution in [0.1, 0.15) is 21.6 Å². The van der Waals surface area contributed by atoms with Crippen molar-refractivity contribution >= 4 is 11.6 Å². The Bertz CT molecular complexity index is 752. The van der Waals surface area contributed by atoms with Crippen molar-refractivity contribution in [1.82, 2.24) is 10.2 Å². The molecule has 0 aliphatic carbocycles. The zero-order valence-electron chi connectivity index (χ0n) is 11.8. The topological polar surface area (TPSA) is 70.9 Å². The van der Waals surface area contributed by atoms with Gasteiger partial charge in [-0.05, 0) is 37.1 Å². The SMILES string of the molecule is Cc1cccc(C)c1NC(=O)c1cc(-c2ccco2)[nH]n1. The summed E-state index contributed by atoms with van der Waals surface area (Å²) in [6.07, 6.45) is 1.58. The van der Waals surface area contributed by atoms with Crippen molar-refractivity contribution in [3.05, 3.63) is 59.5 Å². The number of H-pyrrole nitrogens is 1. The molecule has 21 heavy (non-hydrogen) atoms. The van der Waals surface area contributed by atoms with Gasteiger partial charge in [0.25, 0.3) is 5.91 Å². The number of nitrogens with one attached hydrogen (secondary N) is 2. The van der Waals surface area contributed by atoms with Gasteiger partial charge in [-0.15, -0.1) is 0 Å². The third-order valence-corrected chi connectivity index (χ3v) is 3.32. The van der Waals surface area contributed by atoms with Crippen molar-refractivity contribution in [2.45, 2.75) is 13.8 Å². The van der Waals surface area contributed by atoms with Crippen LogP contribution in [-0.4, -0.2) is 16.1 Å². The predicted molar refractivity (Wildman–Crippen MR) is 80.2 cm³/mol. The van der Waals surface area contributed by atoms with E-state index in [9.17, 15) is 4.79 Å². The first-order valence-corrected chi connectivity index (χ1v) is 6.62. The molecule has 0 saturated heterocycles. The van der Waals surface area contributed by atoms with Crippen LogP contribution < -0.4 is 5.32 Å². The molecule has 0 radical (unpaired) electrons. The normalized spacial score (nSPS) is 10.6. The number of nitrogens with zero attached hydrogens (tertiary/aromatic N) is 1. The second kappa shape index (κ2) is 5.28. The number of hydrogen-bond acceptors (Lipinski definition) is 3. The zero-order valence-corrected chi connectivity index (χ0v) is 11.8. The fourth-order valence-electron chi connectivity index (χ4n) is 2.19. The molecule has 2 N–H and O–H groups in total. The van der Waals surface area contributed by atoms with E-state index >= 15 is 0 Å². The number of aromatic nitrogens is 2. The second-order valence-corrected chi connectivity index (χ2v) is 4.87. The van der Waals surface area contributed by atoms with Crippen LogP contribution >= 0.6 is 0 Å². The molecule has 3 aromatic rings. The van der Waals surface area contributed by atoms with Crippen LogP contribution in [0.4, 0.5) is 5.69 Å². The summed E-state index contributed by atoms with van der Waals surface area (Å²) in [5.74, 6) is 0.398. The van der Waals surface area contributed by atoms with Gasteiger partial charge in [0, 0.05) is 11.8 Å². The highest BCUT2D eigenvalue weighted by atomic mass is 16.3. The quantitative estimate of drug-likeness (QED) is 0.771. The van der Waals surface area contributed by atoms with Crippen molar-refractivity contribution in [2.24, 2.45) is 0 Å². The number of carbonyl (C=O) groups excluding carboxylic acids is 1. The van der Waals surface area contributed by atoms with Crippen LogP contribution in [0, 0.1) is 13.8 Å². The van der Waals surface area contributed by atoms with Gasteiger partial charge >= 0.3 is 0 Å². The van der Waals surface area contributed by atoms with Crippen molar-refractivity contribution in [3.63, 3.8) is 0 Å². The maximum absolute atomic E-state index is 12.3. The lowest BCUT2D eigenvalue weighted by molar-refractivity contribution is 0.102. The summed E-state index contributed by atoms with van der Waals surface area (Å²) in [4.78, 5) is 12.3. The van der Waals surface area contributed by atoms with E-state index in [0.717, 1.165) is 16.8 Å². The summed E-state index contributed by atoms with van der Waals surface area (Å²) in [5, 5.41) is 9.73. The molecular weight excluding hydrogens is 266 g/mol. The van der Waals surface area contributed by atoms with E-state index < -0.39 is 0 Å². The van der Waals surface area contributed by atoms with Crippen molar-refractivity contribution in [1.29, 1.82) is 0 Å². The Kier molecular flexibility index (Phi) is 3.31. The van der Waals surface area contributed by atoms with E-state index in [4.69, 9.17) is 4.42 Å². The maximum Gasteiger partial charge on any atom is 0.276 e. The van der Waals surface area contributed by atoms with Crippen molar-refractivity contribution in [3.8, 4) is 11.5 Å². The largest absolute Gasteiger partial charge is 0.463 e. The number of anilines is 1. The molecule has 3 rings (SSSR count). The third-order valence-electron chi connectivity index (χ3n) is 3.32. The minimum Gasteiger partial charge on any atom is -0.463 e. The van der Waals surface area contributed by atoms with Crippen molar-refractivity contribution in [2.75, 3.05) is 5.32 Å². The van der Waals surface area contributed by atoms with Crippen LogP contribution in [0.25, 0.3) is 11.5 Å². The van der Waals surface area contributed by atoms with Crippen LogP contribution in [0.5, 0.6) is 0 Å². The van der Waals surface area contributed by atoms with Gasteiger partial charge in [-0.2, -0.15) is 5.10 Å². The van der Waals surface area contributed by atoms with Gasteiger partial charge in [-0.25, -0.2) is 0 Å². The number of amides is 1. The third kappa shape index (κ3) is 2.58. The highest BCUT2D eigenvalue weighted by molar-refractivity contribution is 6.04. The summed E-state index contributed by atoms with van der Waals surface area (Å²) in [6, 6.07) is 11.1. The fourth-order valence-corrected chi connectivity index (χ4v) is 2.19. The Morgan fingerprint density at radius 1 is 1.19 bits per heavy atom. The minimum absolute atomic E-state index is 0.249. The van der Waals surface area contributed by atoms with Crippen LogP contribution in [-0.2, 0) is 0 Å². The lowest BCUT2D eigenvalue weighted by Crippen LogP contribution is -2.14. The van der Waals surface area contributed by atoms with Gasteiger partial charge < -0.3 is 9.73 Å². The second-order valence-electron chi connectivity index (χ2n) is 4.87. The number of aryl methyl sites for hydroxylation is 2. The Hall–Kier alpha value is -2.82. The number of hydrogen-bond donors (Lipinski definition) is 2. The molecule has 5 heteroatoms. The molecule has 0 atom stereocenters. The molecule has 5 nitrogen and oxygen atoms in total. The summed E-state index contributed by atoms with van der Waals surface area (Å²) in [7, 11) is 0. The average molecular weight is 281 g/mol. The average Bonchev–Trinajstić information content (AvgIpc) is 3.12. The van der Waals surface area contributed by atoms with Crippen LogP contribution in [0.3, 0.4) is 0 Å². The molecule has 2 aromatic heterocycles. The minimum atomic E-state index is -0.249. The van der Waals surface area contributed by atoms with Gasteiger partial charge in [0.15, 0.2) is 11.5 Å². The molecule has 0 spiro atoms. The lowest BCUT2D eigenvalue weighted by Gasteiger charge is -2.09. The van der Waals surface area contributed by atoms with E-state index in [2.05, 4.69) is 15.5 Å². The number of furan rings is 1. The Morgan fingerprint density at radius 3 is 2.62 bits per heavy atom. The molecule has 106 valence electrons. The first-order valence-electron chi connectivity index (χ1n) is 6.62. The number of rotatable bonds is 3. The smallest absolute Gasteiger partial charge is 0.276 e. The molecule has 0 bridgehead atoms. The van der Waals surface area contributed by atoms with Gasteiger partial charge in [0.2, 0.25) is 0 Å². The van der Waals surface area contributed by atoms with E-state index in [1.807, 2.05) is 32.0 Å². The van der Waals surface area contributed by atoms with E-state index in [-0.39, 0.29) is 5.91 Å². The zero-order chi connectivity index (χ0) is 14.8. The maximum atomic E-state index is 12.3. The highest BCUT2D eigenvalue weighted by Crippen LogP contribution is 2.21. The molecule has 0 aliphatic rings.